The molecule has 7 nitrogen and oxygen atoms in total. The molecule has 0 bridgehead atoms. The van der Waals surface area contributed by atoms with Gasteiger partial charge in [0.15, 0.2) is 5.17 Å². The third kappa shape index (κ3) is 5.05. The lowest BCUT2D eigenvalue weighted by Crippen LogP contribution is -2.47. The van der Waals surface area contributed by atoms with Gasteiger partial charge in [-0.25, -0.2) is 14.2 Å². The van der Waals surface area contributed by atoms with Crippen molar-refractivity contribution >= 4 is 28.8 Å². The Hall–Kier alpha value is -2.65. The summed E-state index contributed by atoms with van der Waals surface area (Å²) in [6, 6.07) is 5.64. The lowest BCUT2D eigenvalue weighted by molar-refractivity contribution is -0.150. The largest absolute Gasteiger partial charge is 0.456 e. The predicted octanol–water partition coefficient (Wildman–Crippen LogP) is 3.91. The van der Waals surface area contributed by atoms with Crippen molar-refractivity contribution in [1.82, 2.24) is 14.7 Å². The molecule has 1 saturated heterocycles. The van der Waals surface area contributed by atoms with Crippen LogP contribution in [0.25, 0.3) is 0 Å². The standard InChI is InChI=1S/C25H31FN4O3S/c1-16-21(23(32)33-25(2,3)4)22(18-8-6-7-9-19(18)26)30-17(15-34-24(30)27-16)14-20(31)29-12-10-28(5)11-13-29/h6-9,15,22H,10-14H2,1-5H3. The van der Waals surface area contributed by atoms with Crippen molar-refractivity contribution in [2.45, 2.75) is 45.8 Å². The first-order valence-electron chi connectivity index (χ1n) is 11.4. The van der Waals surface area contributed by atoms with E-state index in [0.29, 0.717) is 35.2 Å². The number of likely N-dealkylation sites (N-methyl/N-ethyl adjacent to an activating group) is 1. The van der Waals surface area contributed by atoms with Gasteiger partial charge in [0.25, 0.3) is 0 Å². The summed E-state index contributed by atoms with van der Waals surface area (Å²) in [6.45, 7) is 10.1. The van der Waals surface area contributed by atoms with Crippen LogP contribution in [0.3, 0.4) is 0 Å². The Kier molecular flexibility index (Phi) is 6.87. The summed E-state index contributed by atoms with van der Waals surface area (Å²) in [5.74, 6) is -0.953. The van der Waals surface area contributed by atoms with E-state index < -0.39 is 23.4 Å². The Morgan fingerprint density at radius 3 is 2.50 bits per heavy atom. The normalized spacial score (nSPS) is 21.3. The van der Waals surface area contributed by atoms with Gasteiger partial charge in [0.1, 0.15) is 11.4 Å². The SMILES string of the molecule is CC1=C(C(=O)OC(C)(C)C)C(c2ccccc2F)N2C(CC(=O)N3CCN(C)CC3)=CSC2=N1. The fourth-order valence-corrected chi connectivity index (χ4v) is 5.24. The van der Waals surface area contributed by atoms with Gasteiger partial charge < -0.3 is 19.4 Å². The third-order valence-corrected chi connectivity index (χ3v) is 6.90. The van der Waals surface area contributed by atoms with Gasteiger partial charge in [0.2, 0.25) is 5.91 Å². The van der Waals surface area contributed by atoms with E-state index in [0.717, 1.165) is 13.1 Å². The van der Waals surface area contributed by atoms with Crippen LogP contribution in [0, 0.1) is 5.82 Å². The summed E-state index contributed by atoms with van der Waals surface area (Å²) in [6.07, 6.45) is 0.154. The van der Waals surface area contributed by atoms with Gasteiger partial charge in [-0.1, -0.05) is 30.0 Å². The highest BCUT2D eigenvalue weighted by Gasteiger charge is 2.43. The first kappa shape index (κ1) is 24.5. The molecule has 3 aliphatic heterocycles. The van der Waals surface area contributed by atoms with Crippen molar-refractivity contribution in [3.8, 4) is 0 Å². The van der Waals surface area contributed by atoms with Crippen LogP contribution in [0.4, 0.5) is 4.39 Å². The average molecular weight is 487 g/mol. The van der Waals surface area contributed by atoms with E-state index in [2.05, 4.69) is 9.89 Å². The van der Waals surface area contributed by atoms with Gasteiger partial charge in [0.05, 0.1) is 23.7 Å². The number of fused-ring (bicyclic) bond motifs is 1. The van der Waals surface area contributed by atoms with Crippen molar-refractivity contribution in [2.24, 2.45) is 4.99 Å². The number of amides is 1. The predicted molar refractivity (Wildman–Crippen MR) is 131 cm³/mol. The lowest BCUT2D eigenvalue weighted by atomic mass is 9.93. The first-order valence-corrected chi connectivity index (χ1v) is 12.3. The van der Waals surface area contributed by atoms with E-state index in [1.165, 1.54) is 17.8 Å². The zero-order valence-corrected chi connectivity index (χ0v) is 21.1. The van der Waals surface area contributed by atoms with Crippen LogP contribution in [0.2, 0.25) is 0 Å². The number of halogens is 1. The van der Waals surface area contributed by atoms with E-state index in [9.17, 15) is 9.59 Å². The molecule has 3 heterocycles. The molecule has 0 aromatic heterocycles. The van der Waals surface area contributed by atoms with Crippen LogP contribution in [-0.4, -0.2) is 70.6 Å². The molecular formula is C25H31FN4O3S. The van der Waals surface area contributed by atoms with Gasteiger partial charge in [-0.2, -0.15) is 0 Å². The number of amidine groups is 1. The Balaban J connectivity index is 1.69. The summed E-state index contributed by atoms with van der Waals surface area (Å²) in [5.41, 5.74) is 1.10. The summed E-state index contributed by atoms with van der Waals surface area (Å²) >= 11 is 1.38. The smallest absolute Gasteiger partial charge is 0.338 e. The highest BCUT2D eigenvalue weighted by molar-refractivity contribution is 8.16. The van der Waals surface area contributed by atoms with E-state index in [1.807, 2.05) is 22.3 Å². The number of rotatable bonds is 4. The minimum atomic E-state index is -0.773. The van der Waals surface area contributed by atoms with E-state index in [4.69, 9.17) is 4.74 Å². The molecule has 1 aromatic carbocycles. The van der Waals surface area contributed by atoms with Crippen molar-refractivity contribution in [1.29, 1.82) is 0 Å². The second-order valence-electron chi connectivity index (χ2n) is 9.78. The molecule has 1 aromatic rings. The molecule has 3 aliphatic rings. The molecule has 34 heavy (non-hydrogen) atoms. The molecule has 4 rings (SSSR count). The Morgan fingerprint density at radius 1 is 1.18 bits per heavy atom. The summed E-state index contributed by atoms with van der Waals surface area (Å²) < 4.78 is 20.8. The van der Waals surface area contributed by atoms with Crippen molar-refractivity contribution < 1.29 is 18.7 Å². The van der Waals surface area contributed by atoms with Crippen molar-refractivity contribution in [3.63, 3.8) is 0 Å². The van der Waals surface area contributed by atoms with Gasteiger partial charge in [0, 0.05) is 37.4 Å². The second-order valence-corrected chi connectivity index (χ2v) is 10.6. The summed E-state index contributed by atoms with van der Waals surface area (Å²) in [7, 11) is 2.04. The van der Waals surface area contributed by atoms with Crippen molar-refractivity contribution in [2.75, 3.05) is 33.2 Å². The first-order chi connectivity index (χ1) is 16.0. The fraction of sp³-hybridized carbons (Fsp3) is 0.480. The topological polar surface area (TPSA) is 65.5 Å². The molecule has 0 spiro atoms. The molecule has 0 N–H and O–H groups in total. The third-order valence-electron chi connectivity index (χ3n) is 6.01. The molecule has 9 heteroatoms. The number of allylic oxidation sites excluding steroid dienone is 1. The number of piperazine rings is 1. The van der Waals surface area contributed by atoms with Crippen molar-refractivity contribution in [3.05, 3.63) is 58.0 Å². The highest BCUT2D eigenvalue weighted by Crippen LogP contribution is 2.45. The van der Waals surface area contributed by atoms with Gasteiger partial charge >= 0.3 is 5.97 Å². The number of thioether (sulfide) groups is 1. The minimum absolute atomic E-state index is 0.0126. The number of carbonyl (C=O) groups is 2. The average Bonchev–Trinajstić information content (AvgIpc) is 3.14. The maximum absolute atomic E-state index is 15.1. The molecule has 1 atom stereocenters. The maximum atomic E-state index is 15.1. The lowest BCUT2D eigenvalue weighted by Gasteiger charge is -2.38. The molecule has 1 amide bonds. The number of carbonyl (C=O) groups excluding carboxylic acids is 2. The van der Waals surface area contributed by atoms with E-state index in [-0.39, 0.29) is 17.9 Å². The van der Waals surface area contributed by atoms with Crippen LogP contribution in [0.5, 0.6) is 0 Å². The molecule has 0 radical (unpaired) electrons. The number of hydrogen-bond donors (Lipinski definition) is 0. The minimum Gasteiger partial charge on any atom is -0.456 e. The number of esters is 1. The molecule has 0 saturated carbocycles. The van der Waals surface area contributed by atoms with Gasteiger partial charge in [-0.05, 0) is 46.2 Å². The number of hydrogen-bond acceptors (Lipinski definition) is 7. The Bertz CT molecular complexity index is 1080. The molecule has 1 unspecified atom stereocenters. The fourth-order valence-electron chi connectivity index (χ4n) is 4.28. The number of nitrogens with zero attached hydrogens (tertiary/aromatic N) is 4. The van der Waals surface area contributed by atoms with Crippen LogP contribution < -0.4 is 0 Å². The molecule has 0 aliphatic carbocycles. The molecule has 182 valence electrons. The van der Waals surface area contributed by atoms with Crippen LogP contribution in [0.15, 0.2) is 51.6 Å². The summed E-state index contributed by atoms with van der Waals surface area (Å²) in [5, 5.41) is 2.51. The zero-order chi connectivity index (χ0) is 24.6. The van der Waals surface area contributed by atoms with E-state index in [1.54, 1.807) is 45.9 Å². The van der Waals surface area contributed by atoms with Crippen LogP contribution in [0.1, 0.15) is 45.7 Å². The van der Waals surface area contributed by atoms with Crippen LogP contribution in [-0.2, 0) is 14.3 Å². The van der Waals surface area contributed by atoms with E-state index >= 15 is 4.39 Å². The Morgan fingerprint density at radius 2 is 1.85 bits per heavy atom. The number of aliphatic imine (C=N–C) groups is 1. The molecule has 1 fully saturated rings. The zero-order valence-electron chi connectivity index (χ0n) is 20.3. The monoisotopic (exact) mass is 486 g/mol. The van der Waals surface area contributed by atoms with Gasteiger partial charge in [-0.3, -0.25) is 4.79 Å². The summed E-state index contributed by atoms with van der Waals surface area (Å²) in [4.78, 5) is 37.0. The number of ether oxygens (including phenoxy) is 1. The Labute approximate surface area is 204 Å². The van der Waals surface area contributed by atoms with Gasteiger partial charge in [-0.15, -0.1) is 0 Å². The quantitative estimate of drug-likeness (QED) is 0.602. The highest BCUT2D eigenvalue weighted by atomic mass is 32.2. The second kappa shape index (κ2) is 9.54. The maximum Gasteiger partial charge on any atom is 0.338 e. The number of benzene rings is 1. The molecular weight excluding hydrogens is 455 g/mol. The van der Waals surface area contributed by atoms with Crippen LogP contribution >= 0.6 is 11.8 Å².